The fourth-order valence-electron chi connectivity index (χ4n) is 1.90. The van der Waals surface area contributed by atoms with Crippen LogP contribution in [0.25, 0.3) is 11.0 Å². The van der Waals surface area contributed by atoms with E-state index in [1.54, 1.807) is 6.07 Å². The number of ether oxygens (including phenoxy) is 1. The molecular formula is C13H15Cl2FN2O. The quantitative estimate of drug-likeness (QED) is 0.781. The van der Waals surface area contributed by atoms with Gasteiger partial charge in [0.1, 0.15) is 11.6 Å². The standard InChI is InChI=1S/C13H15Cl2FN2O/c1-8(2)19-4-3-18-12-5-9(15)10(16)6-11(12)17-13(18)7-14/h5-6,8H,3-4,7H2,1-2H3. The first-order valence-electron chi connectivity index (χ1n) is 6.04. The van der Waals surface area contributed by atoms with Crippen molar-refractivity contribution in [2.24, 2.45) is 0 Å². The van der Waals surface area contributed by atoms with Crippen molar-refractivity contribution in [1.82, 2.24) is 9.55 Å². The number of halogens is 3. The first-order valence-corrected chi connectivity index (χ1v) is 6.96. The van der Waals surface area contributed by atoms with Gasteiger partial charge in [-0.05, 0) is 19.9 Å². The van der Waals surface area contributed by atoms with Crippen LogP contribution in [0.1, 0.15) is 19.7 Å². The lowest BCUT2D eigenvalue weighted by Crippen LogP contribution is -2.12. The van der Waals surface area contributed by atoms with E-state index in [1.807, 2.05) is 18.4 Å². The maximum absolute atomic E-state index is 13.4. The summed E-state index contributed by atoms with van der Waals surface area (Å²) >= 11 is 11.7. The number of aromatic nitrogens is 2. The van der Waals surface area contributed by atoms with Gasteiger partial charge in [0.25, 0.3) is 0 Å². The third-order valence-corrected chi connectivity index (χ3v) is 3.28. The van der Waals surface area contributed by atoms with Crippen LogP contribution >= 0.6 is 23.2 Å². The summed E-state index contributed by atoms with van der Waals surface area (Å²) in [6.07, 6.45) is 0.162. The molecule has 0 saturated carbocycles. The van der Waals surface area contributed by atoms with E-state index in [0.717, 1.165) is 5.52 Å². The lowest BCUT2D eigenvalue weighted by Gasteiger charge is -2.10. The van der Waals surface area contributed by atoms with Gasteiger partial charge in [0.15, 0.2) is 0 Å². The zero-order valence-corrected chi connectivity index (χ0v) is 12.3. The molecule has 0 aliphatic heterocycles. The minimum atomic E-state index is -0.474. The summed E-state index contributed by atoms with van der Waals surface area (Å²) in [5.74, 6) is 0.472. The SMILES string of the molecule is CC(C)OCCn1c(CCl)nc2cc(F)c(Cl)cc21. The fraction of sp³-hybridized carbons (Fsp3) is 0.462. The van der Waals surface area contributed by atoms with E-state index >= 15 is 0 Å². The van der Waals surface area contributed by atoms with Crippen LogP contribution in [-0.4, -0.2) is 22.3 Å². The maximum atomic E-state index is 13.4. The molecular weight excluding hydrogens is 290 g/mol. The molecule has 0 spiro atoms. The van der Waals surface area contributed by atoms with Crippen molar-refractivity contribution in [2.45, 2.75) is 32.4 Å². The van der Waals surface area contributed by atoms with Gasteiger partial charge >= 0.3 is 0 Å². The molecule has 0 radical (unpaired) electrons. The third kappa shape index (κ3) is 3.19. The van der Waals surface area contributed by atoms with Gasteiger partial charge in [0, 0.05) is 12.6 Å². The minimum Gasteiger partial charge on any atom is -0.377 e. The van der Waals surface area contributed by atoms with Gasteiger partial charge in [0.2, 0.25) is 0 Å². The van der Waals surface area contributed by atoms with E-state index in [1.165, 1.54) is 6.07 Å². The molecule has 0 amide bonds. The zero-order chi connectivity index (χ0) is 14.0. The largest absolute Gasteiger partial charge is 0.377 e. The molecule has 2 rings (SSSR count). The van der Waals surface area contributed by atoms with Crippen LogP contribution in [0.3, 0.4) is 0 Å². The molecule has 0 aliphatic rings. The van der Waals surface area contributed by atoms with Crippen LogP contribution in [-0.2, 0) is 17.2 Å². The zero-order valence-electron chi connectivity index (χ0n) is 10.8. The fourth-order valence-corrected chi connectivity index (χ4v) is 2.26. The molecule has 104 valence electrons. The van der Waals surface area contributed by atoms with Gasteiger partial charge in [0.05, 0.1) is 34.6 Å². The number of benzene rings is 1. The molecule has 1 aromatic heterocycles. The number of fused-ring (bicyclic) bond motifs is 1. The highest BCUT2D eigenvalue weighted by Crippen LogP contribution is 2.24. The molecule has 0 unspecified atom stereocenters. The Hall–Kier alpha value is -0.840. The van der Waals surface area contributed by atoms with Gasteiger partial charge in [-0.15, -0.1) is 11.6 Å². The van der Waals surface area contributed by atoms with E-state index in [4.69, 9.17) is 27.9 Å². The smallest absolute Gasteiger partial charge is 0.144 e. The van der Waals surface area contributed by atoms with Crippen LogP contribution in [0.4, 0.5) is 4.39 Å². The van der Waals surface area contributed by atoms with Gasteiger partial charge in [-0.2, -0.15) is 0 Å². The Kier molecular flexibility index (Phi) is 4.66. The molecule has 0 aliphatic carbocycles. The molecule has 0 bridgehead atoms. The Balaban J connectivity index is 2.36. The molecule has 0 saturated heterocycles. The highest BCUT2D eigenvalue weighted by molar-refractivity contribution is 6.31. The number of hydrogen-bond donors (Lipinski definition) is 0. The van der Waals surface area contributed by atoms with Crippen molar-refractivity contribution in [3.63, 3.8) is 0 Å². The van der Waals surface area contributed by atoms with Crippen molar-refractivity contribution in [3.05, 3.63) is 28.8 Å². The second-order valence-corrected chi connectivity index (χ2v) is 5.16. The normalized spacial score (nSPS) is 11.7. The van der Waals surface area contributed by atoms with E-state index in [2.05, 4.69) is 4.98 Å². The van der Waals surface area contributed by atoms with Crippen molar-refractivity contribution in [3.8, 4) is 0 Å². The molecule has 0 fully saturated rings. The average molecular weight is 305 g/mol. The Morgan fingerprint density at radius 2 is 2.16 bits per heavy atom. The minimum absolute atomic E-state index is 0.0829. The number of imidazole rings is 1. The molecule has 0 atom stereocenters. The van der Waals surface area contributed by atoms with Crippen LogP contribution in [0.2, 0.25) is 5.02 Å². The number of nitrogens with zero attached hydrogens (tertiary/aromatic N) is 2. The van der Waals surface area contributed by atoms with Crippen molar-refractivity contribution in [1.29, 1.82) is 0 Å². The Morgan fingerprint density at radius 3 is 2.79 bits per heavy atom. The Morgan fingerprint density at radius 1 is 1.42 bits per heavy atom. The molecule has 6 heteroatoms. The van der Waals surface area contributed by atoms with Crippen LogP contribution in [0.5, 0.6) is 0 Å². The van der Waals surface area contributed by atoms with Gasteiger partial charge in [-0.25, -0.2) is 9.37 Å². The topological polar surface area (TPSA) is 27.1 Å². The van der Waals surface area contributed by atoms with Gasteiger partial charge < -0.3 is 9.30 Å². The summed E-state index contributed by atoms with van der Waals surface area (Å²) in [7, 11) is 0. The molecule has 0 N–H and O–H groups in total. The average Bonchev–Trinajstić information content (AvgIpc) is 2.67. The predicted molar refractivity (Wildman–Crippen MR) is 75.3 cm³/mol. The predicted octanol–water partition coefficient (Wildman–Crippen LogP) is 3.99. The summed E-state index contributed by atoms with van der Waals surface area (Å²) in [4.78, 5) is 4.31. The van der Waals surface area contributed by atoms with Gasteiger partial charge in [-0.1, -0.05) is 11.6 Å². The monoisotopic (exact) mass is 304 g/mol. The summed E-state index contributed by atoms with van der Waals surface area (Å²) in [6.45, 7) is 5.10. The number of rotatable bonds is 5. The van der Waals surface area contributed by atoms with E-state index in [9.17, 15) is 4.39 Å². The summed E-state index contributed by atoms with van der Waals surface area (Å²) in [6, 6.07) is 2.90. The number of alkyl halides is 1. The molecule has 3 nitrogen and oxygen atoms in total. The van der Waals surface area contributed by atoms with Crippen LogP contribution in [0, 0.1) is 5.82 Å². The molecule has 19 heavy (non-hydrogen) atoms. The summed E-state index contributed by atoms with van der Waals surface area (Å²) < 4.78 is 20.8. The summed E-state index contributed by atoms with van der Waals surface area (Å²) in [5, 5.41) is 0.0829. The molecule has 1 aromatic carbocycles. The van der Waals surface area contributed by atoms with Crippen molar-refractivity contribution in [2.75, 3.05) is 6.61 Å². The van der Waals surface area contributed by atoms with Crippen molar-refractivity contribution < 1.29 is 9.13 Å². The van der Waals surface area contributed by atoms with Gasteiger partial charge in [-0.3, -0.25) is 0 Å². The second kappa shape index (κ2) is 6.07. The Bertz CT molecular complexity index is 584. The van der Waals surface area contributed by atoms with Crippen LogP contribution < -0.4 is 0 Å². The lowest BCUT2D eigenvalue weighted by atomic mass is 10.3. The van der Waals surface area contributed by atoms with E-state index in [-0.39, 0.29) is 17.0 Å². The third-order valence-electron chi connectivity index (χ3n) is 2.75. The number of hydrogen-bond acceptors (Lipinski definition) is 2. The molecule has 1 heterocycles. The lowest BCUT2D eigenvalue weighted by molar-refractivity contribution is 0.0729. The van der Waals surface area contributed by atoms with Crippen molar-refractivity contribution >= 4 is 34.2 Å². The summed E-state index contributed by atoms with van der Waals surface area (Å²) in [5.41, 5.74) is 1.33. The highest BCUT2D eigenvalue weighted by Gasteiger charge is 2.13. The van der Waals surface area contributed by atoms with E-state index < -0.39 is 5.82 Å². The first-order chi connectivity index (χ1) is 9.02. The maximum Gasteiger partial charge on any atom is 0.144 e. The Labute approximate surface area is 121 Å². The highest BCUT2D eigenvalue weighted by atomic mass is 35.5. The first kappa shape index (κ1) is 14.6. The molecule has 2 aromatic rings. The van der Waals surface area contributed by atoms with Crippen LogP contribution in [0.15, 0.2) is 12.1 Å². The second-order valence-electron chi connectivity index (χ2n) is 4.49. The van der Waals surface area contributed by atoms with E-state index in [0.29, 0.717) is 24.5 Å².